The monoisotopic (exact) mass is 309 g/mol. The number of halogens is 1. The number of hydrogen-bond acceptors (Lipinski definition) is 2. The number of thiophene rings is 1. The maximum atomic E-state index is 12.1. The molecule has 0 fully saturated rings. The molecule has 20 heavy (non-hydrogen) atoms. The second-order valence-electron chi connectivity index (χ2n) is 5.27. The zero-order valence-corrected chi connectivity index (χ0v) is 13.9. The van der Waals surface area contributed by atoms with Crippen molar-refractivity contribution in [3.8, 4) is 0 Å². The topological polar surface area (TPSA) is 22.0 Å². The largest absolute Gasteiger partial charge is 0.345 e. The molecule has 2 aromatic rings. The predicted molar refractivity (Wildman–Crippen MR) is 86.3 cm³/mol. The molecular weight excluding hydrogens is 290 g/mol. The molecule has 0 aliphatic carbocycles. The number of nitrogens with zero attached hydrogens (tertiary/aromatic N) is 1. The van der Waals surface area contributed by atoms with Crippen LogP contribution in [0.25, 0.3) is 0 Å². The summed E-state index contributed by atoms with van der Waals surface area (Å²) in [5, 5.41) is 1.62. The van der Waals surface area contributed by atoms with Gasteiger partial charge in [0.2, 0.25) is 0 Å². The zero-order chi connectivity index (χ0) is 14.9. The van der Waals surface area contributed by atoms with Crippen molar-refractivity contribution in [1.82, 2.24) is 4.57 Å². The van der Waals surface area contributed by atoms with Crippen molar-refractivity contribution >= 4 is 28.7 Å². The molecule has 0 spiro atoms. The van der Waals surface area contributed by atoms with Gasteiger partial charge in [-0.3, -0.25) is 4.79 Å². The molecule has 0 aliphatic heterocycles. The molecule has 0 amide bonds. The van der Waals surface area contributed by atoms with Crippen molar-refractivity contribution < 1.29 is 4.79 Å². The van der Waals surface area contributed by atoms with Gasteiger partial charge in [0.1, 0.15) is 0 Å². The van der Waals surface area contributed by atoms with Gasteiger partial charge in [0.15, 0.2) is 5.78 Å². The van der Waals surface area contributed by atoms with E-state index in [1.165, 1.54) is 4.88 Å². The lowest BCUT2D eigenvalue weighted by molar-refractivity contribution is 0.0991. The predicted octanol–water partition coefficient (Wildman–Crippen LogP) is 4.78. The summed E-state index contributed by atoms with van der Waals surface area (Å²) < 4.78 is 2.24. The molecule has 2 heterocycles. The van der Waals surface area contributed by atoms with Crippen LogP contribution in [0.1, 0.15) is 46.5 Å². The van der Waals surface area contributed by atoms with E-state index < -0.39 is 5.38 Å². The summed E-state index contributed by atoms with van der Waals surface area (Å²) in [5.41, 5.74) is 2.89. The van der Waals surface area contributed by atoms with Crippen molar-refractivity contribution in [3.05, 3.63) is 45.4 Å². The van der Waals surface area contributed by atoms with Crippen LogP contribution in [-0.2, 0) is 6.42 Å². The van der Waals surface area contributed by atoms with Crippen molar-refractivity contribution in [3.63, 3.8) is 0 Å². The van der Waals surface area contributed by atoms with Crippen LogP contribution < -0.4 is 0 Å². The number of alkyl halides is 1. The van der Waals surface area contributed by atoms with E-state index in [9.17, 15) is 4.79 Å². The molecule has 0 radical (unpaired) electrons. The minimum atomic E-state index is -0.475. The second kappa shape index (κ2) is 6.15. The highest BCUT2D eigenvalue weighted by atomic mass is 35.5. The maximum absolute atomic E-state index is 12.1. The van der Waals surface area contributed by atoms with E-state index in [1.807, 2.05) is 19.9 Å². The first-order valence-electron chi connectivity index (χ1n) is 6.81. The summed E-state index contributed by atoms with van der Waals surface area (Å²) in [5.74, 6) is 0.00865. The average Bonchev–Trinajstić information content (AvgIpc) is 2.96. The maximum Gasteiger partial charge on any atom is 0.182 e. The number of carbonyl (C=O) groups is 1. The first kappa shape index (κ1) is 15.3. The highest BCUT2D eigenvalue weighted by molar-refractivity contribution is 7.09. The Morgan fingerprint density at radius 1 is 1.40 bits per heavy atom. The van der Waals surface area contributed by atoms with Gasteiger partial charge >= 0.3 is 0 Å². The van der Waals surface area contributed by atoms with Crippen LogP contribution in [0, 0.1) is 13.8 Å². The molecule has 2 atom stereocenters. The van der Waals surface area contributed by atoms with Crippen molar-refractivity contribution in [1.29, 1.82) is 0 Å². The Morgan fingerprint density at radius 2 is 2.10 bits per heavy atom. The van der Waals surface area contributed by atoms with E-state index in [0.29, 0.717) is 6.04 Å². The SMILES string of the molecule is Cc1cc(C(=O)C(C)Cl)c(C)n1C(C)Cc1cccs1. The molecule has 2 nitrogen and oxygen atoms in total. The van der Waals surface area contributed by atoms with Gasteiger partial charge in [-0.05, 0) is 45.2 Å². The van der Waals surface area contributed by atoms with Crippen LogP contribution in [0.2, 0.25) is 0 Å². The van der Waals surface area contributed by atoms with Crippen molar-refractivity contribution in [2.45, 2.75) is 45.5 Å². The molecule has 2 aromatic heterocycles. The lowest BCUT2D eigenvalue weighted by Gasteiger charge is -2.18. The molecule has 0 bridgehead atoms. The van der Waals surface area contributed by atoms with Gasteiger partial charge in [0, 0.05) is 34.3 Å². The molecule has 2 rings (SSSR count). The zero-order valence-electron chi connectivity index (χ0n) is 12.3. The van der Waals surface area contributed by atoms with Gasteiger partial charge in [-0.1, -0.05) is 6.07 Å². The number of aromatic nitrogens is 1. The first-order valence-corrected chi connectivity index (χ1v) is 8.12. The van der Waals surface area contributed by atoms with Crippen LogP contribution in [0.3, 0.4) is 0 Å². The number of carbonyl (C=O) groups excluding carboxylic acids is 1. The summed E-state index contributed by atoms with van der Waals surface area (Å²) in [6, 6.07) is 6.52. The number of hydrogen-bond donors (Lipinski definition) is 0. The molecule has 0 aromatic carbocycles. The Kier molecular flexibility index (Phi) is 4.71. The van der Waals surface area contributed by atoms with Gasteiger partial charge in [-0.25, -0.2) is 0 Å². The third-order valence-corrected chi connectivity index (χ3v) is 4.73. The number of Topliss-reactive ketones (excluding diaryl/α,β-unsaturated/α-hetero) is 1. The van der Waals surface area contributed by atoms with Crippen LogP contribution in [-0.4, -0.2) is 15.7 Å². The number of rotatable bonds is 5. The fourth-order valence-corrected chi connectivity index (χ4v) is 3.67. The van der Waals surface area contributed by atoms with Crippen LogP contribution in [0.4, 0.5) is 0 Å². The highest BCUT2D eigenvalue weighted by Gasteiger charge is 2.21. The van der Waals surface area contributed by atoms with E-state index in [-0.39, 0.29) is 5.78 Å². The first-order chi connectivity index (χ1) is 9.41. The Bertz CT molecular complexity index is 598. The molecule has 0 N–H and O–H groups in total. The van der Waals surface area contributed by atoms with E-state index in [0.717, 1.165) is 23.4 Å². The second-order valence-corrected chi connectivity index (χ2v) is 6.95. The lowest BCUT2D eigenvalue weighted by atomic mass is 10.1. The lowest BCUT2D eigenvalue weighted by Crippen LogP contribution is -2.14. The normalized spacial score (nSPS) is 14.2. The van der Waals surface area contributed by atoms with Crippen LogP contribution in [0.15, 0.2) is 23.6 Å². The fraction of sp³-hybridized carbons (Fsp3) is 0.438. The van der Waals surface area contributed by atoms with E-state index in [4.69, 9.17) is 11.6 Å². The Labute approximate surface area is 129 Å². The summed E-state index contributed by atoms with van der Waals surface area (Å²) in [6.45, 7) is 7.97. The quantitative estimate of drug-likeness (QED) is 0.575. The van der Waals surface area contributed by atoms with Crippen molar-refractivity contribution in [2.24, 2.45) is 0 Å². The van der Waals surface area contributed by atoms with Gasteiger partial charge in [0.05, 0.1) is 5.38 Å². The summed E-state index contributed by atoms with van der Waals surface area (Å²) in [6.07, 6.45) is 0.984. The molecule has 0 saturated heterocycles. The third kappa shape index (κ3) is 2.99. The molecular formula is C16H20ClNOS. The molecule has 0 saturated carbocycles. The molecule has 2 unspecified atom stereocenters. The Morgan fingerprint density at radius 3 is 2.65 bits per heavy atom. The highest BCUT2D eigenvalue weighted by Crippen LogP contribution is 2.26. The van der Waals surface area contributed by atoms with Gasteiger partial charge in [-0.15, -0.1) is 22.9 Å². The van der Waals surface area contributed by atoms with E-state index >= 15 is 0 Å². The molecule has 4 heteroatoms. The molecule has 108 valence electrons. The Balaban J connectivity index is 2.30. The van der Waals surface area contributed by atoms with Gasteiger partial charge in [-0.2, -0.15) is 0 Å². The number of aryl methyl sites for hydroxylation is 1. The van der Waals surface area contributed by atoms with E-state index in [2.05, 4.69) is 29.0 Å². The smallest absolute Gasteiger partial charge is 0.182 e. The number of ketones is 1. The van der Waals surface area contributed by atoms with Crippen LogP contribution >= 0.6 is 22.9 Å². The third-order valence-electron chi connectivity index (χ3n) is 3.63. The standard InChI is InChI=1S/C16H20ClNOS/c1-10(8-14-6-5-7-20-14)18-11(2)9-15(13(18)4)16(19)12(3)17/h5-7,9-10,12H,8H2,1-4H3. The summed E-state index contributed by atoms with van der Waals surface area (Å²) in [4.78, 5) is 13.5. The Hall–Kier alpha value is -1.06. The van der Waals surface area contributed by atoms with Crippen LogP contribution in [0.5, 0.6) is 0 Å². The minimum Gasteiger partial charge on any atom is -0.345 e. The van der Waals surface area contributed by atoms with Gasteiger partial charge < -0.3 is 4.57 Å². The summed E-state index contributed by atoms with van der Waals surface area (Å²) in [7, 11) is 0. The van der Waals surface area contributed by atoms with E-state index in [1.54, 1.807) is 18.3 Å². The fourth-order valence-electron chi connectivity index (χ4n) is 2.73. The summed E-state index contributed by atoms with van der Waals surface area (Å²) >= 11 is 7.71. The average molecular weight is 310 g/mol. The minimum absolute atomic E-state index is 0.00865. The van der Waals surface area contributed by atoms with Gasteiger partial charge in [0.25, 0.3) is 0 Å². The molecule has 0 aliphatic rings. The van der Waals surface area contributed by atoms with Crippen molar-refractivity contribution in [2.75, 3.05) is 0 Å².